The van der Waals surface area contributed by atoms with E-state index >= 15 is 0 Å². The van der Waals surface area contributed by atoms with Crippen LogP contribution in [-0.2, 0) is 32.0 Å². The van der Waals surface area contributed by atoms with Crippen molar-refractivity contribution in [3.05, 3.63) is 71.8 Å². The molecule has 3 amide bonds. The van der Waals surface area contributed by atoms with E-state index in [1.165, 1.54) is 11.8 Å². The predicted octanol–water partition coefficient (Wildman–Crippen LogP) is 1.75. The zero-order valence-electron chi connectivity index (χ0n) is 22.1. The largest absolute Gasteiger partial charge is 0.480 e. The van der Waals surface area contributed by atoms with Crippen LogP contribution in [0.4, 0.5) is 0 Å². The standard InChI is InChI=1S/C28H38N4O5S/c1-18(2)24(32-25(33)21(29)16-19-10-6-4-7-11-19)27(35)31-23(17-20-12-8-5-9-13-20)26(34)30-22(28(36)37)14-15-38-3/h4-13,18,21-24H,14-17,29H2,1-3H3,(H,30,34)(H,31,35)(H,32,33)(H,36,37). The molecular weight excluding hydrogens is 504 g/mol. The first-order valence-electron chi connectivity index (χ1n) is 12.6. The summed E-state index contributed by atoms with van der Waals surface area (Å²) in [6.45, 7) is 3.56. The summed E-state index contributed by atoms with van der Waals surface area (Å²) in [5.41, 5.74) is 7.80. The van der Waals surface area contributed by atoms with Crippen molar-refractivity contribution >= 4 is 35.5 Å². The maximum Gasteiger partial charge on any atom is 0.326 e. The Labute approximate surface area is 228 Å². The highest BCUT2D eigenvalue weighted by Gasteiger charge is 2.31. The van der Waals surface area contributed by atoms with Crippen molar-refractivity contribution in [1.29, 1.82) is 0 Å². The van der Waals surface area contributed by atoms with E-state index < -0.39 is 47.9 Å². The van der Waals surface area contributed by atoms with E-state index in [0.29, 0.717) is 12.2 Å². The molecule has 4 unspecified atom stereocenters. The number of hydrogen-bond acceptors (Lipinski definition) is 6. The van der Waals surface area contributed by atoms with E-state index in [1.54, 1.807) is 13.8 Å². The summed E-state index contributed by atoms with van der Waals surface area (Å²) in [5.74, 6) is -2.52. The van der Waals surface area contributed by atoms with E-state index in [0.717, 1.165) is 11.1 Å². The number of benzene rings is 2. The second-order valence-corrected chi connectivity index (χ2v) is 10.4. The summed E-state index contributed by atoms with van der Waals surface area (Å²) in [4.78, 5) is 51.0. The number of carbonyl (C=O) groups is 4. The highest BCUT2D eigenvalue weighted by molar-refractivity contribution is 7.98. The minimum atomic E-state index is -1.14. The summed E-state index contributed by atoms with van der Waals surface area (Å²) in [6.07, 6.45) is 2.56. The SMILES string of the molecule is CSCCC(NC(=O)C(Cc1ccccc1)NC(=O)C(NC(=O)C(N)Cc1ccccc1)C(C)C)C(=O)O. The molecule has 206 valence electrons. The van der Waals surface area contributed by atoms with Gasteiger partial charge in [0, 0.05) is 6.42 Å². The van der Waals surface area contributed by atoms with Crippen LogP contribution in [0.1, 0.15) is 31.4 Å². The monoisotopic (exact) mass is 542 g/mol. The van der Waals surface area contributed by atoms with E-state index in [4.69, 9.17) is 5.73 Å². The number of nitrogens with two attached hydrogens (primary N) is 1. The Morgan fingerprint density at radius 1 is 0.789 bits per heavy atom. The number of carboxylic acids is 1. The Balaban J connectivity index is 2.16. The maximum absolute atomic E-state index is 13.3. The van der Waals surface area contributed by atoms with Gasteiger partial charge in [0.25, 0.3) is 0 Å². The van der Waals surface area contributed by atoms with Crippen molar-refractivity contribution in [1.82, 2.24) is 16.0 Å². The molecule has 0 aromatic heterocycles. The third kappa shape index (κ3) is 10.2. The average Bonchev–Trinajstić information content (AvgIpc) is 2.89. The Kier molecular flexibility index (Phi) is 12.8. The molecule has 2 rings (SSSR count). The van der Waals surface area contributed by atoms with Crippen LogP contribution in [0.5, 0.6) is 0 Å². The molecule has 0 fully saturated rings. The van der Waals surface area contributed by atoms with Crippen LogP contribution in [0, 0.1) is 5.92 Å². The van der Waals surface area contributed by atoms with Crippen molar-refractivity contribution in [3.8, 4) is 0 Å². The normalized spacial score (nSPS) is 14.1. The number of hydrogen-bond donors (Lipinski definition) is 5. The molecule has 38 heavy (non-hydrogen) atoms. The zero-order chi connectivity index (χ0) is 28.1. The lowest BCUT2D eigenvalue weighted by atomic mass is 9.99. The summed E-state index contributed by atoms with van der Waals surface area (Å²) in [5, 5.41) is 17.6. The average molecular weight is 543 g/mol. The minimum Gasteiger partial charge on any atom is -0.480 e. The first-order chi connectivity index (χ1) is 18.1. The minimum absolute atomic E-state index is 0.152. The fourth-order valence-corrected chi connectivity index (χ4v) is 4.31. The Hall–Kier alpha value is -3.37. The molecular formula is C28H38N4O5S. The first kappa shape index (κ1) is 30.9. The summed E-state index contributed by atoms with van der Waals surface area (Å²) in [7, 11) is 0. The van der Waals surface area contributed by atoms with Gasteiger partial charge < -0.3 is 26.8 Å². The predicted molar refractivity (Wildman–Crippen MR) is 150 cm³/mol. The smallest absolute Gasteiger partial charge is 0.326 e. The number of amides is 3. The van der Waals surface area contributed by atoms with Crippen molar-refractivity contribution < 1.29 is 24.3 Å². The van der Waals surface area contributed by atoms with Gasteiger partial charge >= 0.3 is 5.97 Å². The van der Waals surface area contributed by atoms with Crippen LogP contribution >= 0.6 is 11.8 Å². The van der Waals surface area contributed by atoms with Crippen LogP contribution in [-0.4, -0.2) is 65.0 Å². The van der Waals surface area contributed by atoms with Crippen LogP contribution < -0.4 is 21.7 Å². The van der Waals surface area contributed by atoms with Crippen molar-refractivity contribution in [2.24, 2.45) is 11.7 Å². The molecule has 6 N–H and O–H groups in total. The van der Waals surface area contributed by atoms with E-state index in [-0.39, 0.29) is 18.8 Å². The van der Waals surface area contributed by atoms with Gasteiger partial charge in [-0.15, -0.1) is 0 Å². The number of rotatable bonds is 15. The molecule has 9 nitrogen and oxygen atoms in total. The van der Waals surface area contributed by atoms with Gasteiger partial charge in [-0.3, -0.25) is 14.4 Å². The molecule has 0 aliphatic rings. The molecule has 0 aliphatic carbocycles. The third-order valence-corrected chi connectivity index (χ3v) is 6.67. The highest BCUT2D eigenvalue weighted by atomic mass is 32.2. The van der Waals surface area contributed by atoms with Gasteiger partial charge in [0.05, 0.1) is 6.04 Å². The van der Waals surface area contributed by atoms with Gasteiger partial charge in [0.15, 0.2) is 0 Å². The van der Waals surface area contributed by atoms with Crippen LogP contribution in [0.25, 0.3) is 0 Å². The third-order valence-electron chi connectivity index (χ3n) is 6.02. The molecule has 0 heterocycles. The number of carbonyl (C=O) groups excluding carboxylic acids is 3. The molecule has 0 radical (unpaired) electrons. The quantitative estimate of drug-likeness (QED) is 0.230. The second kappa shape index (κ2) is 15.8. The Morgan fingerprint density at radius 3 is 1.82 bits per heavy atom. The molecule has 0 bridgehead atoms. The van der Waals surface area contributed by atoms with E-state index in [2.05, 4.69) is 16.0 Å². The van der Waals surface area contributed by atoms with Gasteiger partial charge in [-0.1, -0.05) is 74.5 Å². The summed E-state index contributed by atoms with van der Waals surface area (Å²) < 4.78 is 0. The lowest BCUT2D eigenvalue weighted by molar-refractivity contribution is -0.142. The highest BCUT2D eigenvalue weighted by Crippen LogP contribution is 2.09. The van der Waals surface area contributed by atoms with Gasteiger partial charge in [0.1, 0.15) is 18.1 Å². The topological polar surface area (TPSA) is 151 Å². The maximum atomic E-state index is 13.3. The Morgan fingerprint density at radius 2 is 1.32 bits per heavy atom. The van der Waals surface area contributed by atoms with Crippen molar-refractivity contribution in [2.75, 3.05) is 12.0 Å². The van der Waals surface area contributed by atoms with Crippen molar-refractivity contribution in [3.63, 3.8) is 0 Å². The number of nitrogens with one attached hydrogen (secondary N) is 3. The van der Waals surface area contributed by atoms with Gasteiger partial charge in [0.2, 0.25) is 17.7 Å². The van der Waals surface area contributed by atoms with E-state index in [9.17, 15) is 24.3 Å². The molecule has 0 saturated heterocycles. The van der Waals surface area contributed by atoms with Crippen LogP contribution in [0.3, 0.4) is 0 Å². The van der Waals surface area contributed by atoms with Gasteiger partial charge in [-0.2, -0.15) is 11.8 Å². The number of carboxylic acid groups (broad SMARTS) is 1. The van der Waals surface area contributed by atoms with Crippen LogP contribution in [0.2, 0.25) is 0 Å². The van der Waals surface area contributed by atoms with Crippen LogP contribution in [0.15, 0.2) is 60.7 Å². The number of thioether (sulfide) groups is 1. The molecule has 0 aliphatic heterocycles. The lowest BCUT2D eigenvalue weighted by Crippen LogP contribution is -2.59. The Bertz CT molecular complexity index is 1050. The van der Waals surface area contributed by atoms with E-state index in [1.807, 2.05) is 66.9 Å². The van der Waals surface area contributed by atoms with Gasteiger partial charge in [-0.25, -0.2) is 4.79 Å². The second-order valence-electron chi connectivity index (χ2n) is 9.46. The first-order valence-corrected chi connectivity index (χ1v) is 14.0. The fraction of sp³-hybridized carbons (Fsp3) is 0.429. The van der Waals surface area contributed by atoms with Gasteiger partial charge in [-0.05, 0) is 41.9 Å². The molecule has 4 atom stereocenters. The van der Waals surface area contributed by atoms with Crippen molar-refractivity contribution in [2.45, 2.75) is 57.3 Å². The lowest BCUT2D eigenvalue weighted by Gasteiger charge is -2.27. The number of aliphatic carboxylic acids is 1. The zero-order valence-corrected chi connectivity index (χ0v) is 22.9. The molecule has 2 aromatic rings. The fourth-order valence-electron chi connectivity index (χ4n) is 3.84. The molecule has 2 aromatic carbocycles. The molecule has 0 spiro atoms. The summed E-state index contributed by atoms with van der Waals surface area (Å²) >= 11 is 1.48. The molecule has 0 saturated carbocycles. The summed E-state index contributed by atoms with van der Waals surface area (Å²) in [6, 6.07) is 14.5. The molecule has 10 heteroatoms.